The van der Waals surface area contributed by atoms with Crippen molar-refractivity contribution in [3.05, 3.63) is 41.9 Å². The molecule has 0 radical (unpaired) electrons. The summed E-state index contributed by atoms with van der Waals surface area (Å²) in [4.78, 5) is 4.27. The maximum atomic E-state index is 12.1. The van der Waals surface area contributed by atoms with E-state index < -0.39 is 6.36 Å². The number of halogens is 3. The van der Waals surface area contributed by atoms with Crippen LogP contribution in [-0.4, -0.2) is 11.3 Å². The molecule has 0 bridgehead atoms. The van der Waals surface area contributed by atoms with Crippen LogP contribution in [0.1, 0.15) is 0 Å². The molecule has 0 aliphatic rings. The van der Waals surface area contributed by atoms with Gasteiger partial charge in [0.2, 0.25) is 0 Å². The molecule has 2 aromatic carbocycles. The quantitative estimate of drug-likeness (QED) is 0.712. The normalized spacial score (nSPS) is 11.8. The third-order valence-electron chi connectivity index (χ3n) is 2.86. The highest BCUT2D eigenvalue weighted by molar-refractivity contribution is 7.16. The third-order valence-corrected chi connectivity index (χ3v) is 3.63. The van der Waals surface area contributed by atoms with Gasteiger partial charge in [0.1, 0.15) is 5.75 Å². The molecule has 0 spiro atoms. The van der Waals surface area contributed by atoms with E-state index in [4.69, 9.17) is 5.73 Å². The molecular weight excluding hydrogens is 301 g/mol. The molecule has 0 aliphatic carbocycles. The predicted molar refractivity (Wildman–Crippen MR) is 76.2 cm³/mol. The number of thiazole rings is 1. The third kappa shape index (κ3) is 2.92. The van der Waals surface area contributed by atoms with Gasteiger partial charge in [-0.1, -0.05) is 12.1 Å². The fraction of sp³-hybridized carbons (Fsp3) is 0.0714. The van der Waals surface area contributed by atoms with Crippen molar-refractivity contribution in [3.8, 4) is 16.9 Å². The average molecular weight is 310 g/mol. The highest BCUT2D eigenvalue weighted by Gasteiger charge is 2.30. The van der Waals surface area contributed by atoms with Crippen LogP contribution in [0.5, 0.6) is 5.75 Å². The summed E-state index contributed by atoms with van der Waals surface area (Å²) in [6.45, 7) is 0. The van der Waals surface area contributed by atoms with Gasteiger partial charge in [-0.25, -0.2) is 4.98 Å². The molecule has 7 heteroatoms. The summed E-state index contributed by atoms with van der Waals surface area (Å²) in [5.74, 6) is -0.260. The molecule has 0 aliphatic heterocycles. The first-order valence-corrected chi connectivity index (χ1v) is 6.79. The number of ether oxygens (including phenoxy) is 1. The van der Waals surface area contributed by atoms with Crippen LogP contribution < -0.4 is 10.5 Å². The van der Waals surface area contributed by atoms with Gasteiger partial charge < -0.3 is 10.5 Å². The zero-order valence-electron chi connectivity index (χ0n) is 10.5. The van der Waals surface area contributed by atoms with Crippen molar-refractivity contribution in [2.45, 2.75) is 6.36 Å². The van der Waals surface area contributed by atoms with Gasteiger partial charge in [0.25, 0.3) is 0 Å². The van der Waals surface area contributed by atoms with E-state index in [1.54, 1.807) is 23.7 Å². The highest BCUT2D eigenvalue weighted by atomic mass is 32.1. The zero-order valence-corrected chi connectivity index (χ0v) is 11.3. The van der Waals surface area contributed by atoms with Crippen molar-refractivity contribution in [1.29, 1.82) is 0 Å². The Morgan fingerprint density at radius 1 is 1.10 bits per heavy atom. The minimum Gasteiger partial charge on any atom is -0.406 e. The van der Waals surface area contributed by atoms with Crippen LogP contribution in [-0.2, 0) is 0 Å². The number of nitrogen functional groups attached to an aromatic ring is 1. The van der Waals surface area contributed by atoms with E-state index >= 15 is 0 Å². The summed E-state index contributed by atoms with van der Waals surface area (Å²) < 4.78 is 41.2. The Morgan fingerprint density at radius 2 is 1.81 bits per heavy atom. The molecule has 0 fully saturated rings. The molecule has 0 unspecified atom stereocenters. The number of aromatic nitrogens is 1. The largest absolute Gasteiger partial charge is 0.573 e. The van der Waals surface area contributed by atoms with Gasteiger partial charge in [-0.2, -0.15) is 0 Å². The summed E-state index contributed by atoms with van der Waals surface area (Å²) >= 11 is 1.46. The minimum atomic E-state index is -4.69. The molecule has 108 valence electrons. The van der Waals surface area contributed by atoms with E-state index in [0.29, 0.717) is 5.69 Å². The Kier molecular flexibility index (Phi) is 3.21. The number of anilines is 1. The molecule has 0 saturated carbocycles. The second-order valence-corrected chi connectivity index (χ2v) is 5.23. The summed E-state index contributed by atoms with van der Waals surface area (Å²) in [7, 11) is 0. The van der Waals surface area contributed by atoms with Crippen molar-refractivity contribution in [3.63, 3.8) is 0 Å². The SMILES string of the molecule is Nc1cc(-c2ccc(OC(F)(F)F)cc2)c2ncsc2c1. The van der Waals surface area contributed by atoms with E-state index in [2.05, 4.69) is 9.72 Å². The lowest BCUT2D eigenvalue weighted by Gasteiger charge is -2.10. The number of benzene rings is 2. The van der Waals surface area contributed by atoms with Crippen molar-refractivity contribution >= 4 is 27.2 Å². The average Bonchev–Trinajstić information content (AvgIpc) is 2.85. The molecule has 3 aromatic rings. The molecule has 0 saturated heterocycles. The Labute approximate surface area is 121 Å². The number of nitrogens with zero attached hydrogens (tertiary/aromatic N) is 1. The number of fused-ring (bicyclic) bond motifs is 1. The molecule has 1 heterocycles. The first-order chi connectivity index (χ1) is 9.92. The van der Waals surface area contributed by atoms with Gasteiger partial charge in [0.05, 0.1) is 15.7 Å². The molecule has 1 aromatic heterocycles. The molecule has 21 heavy (non-hydrogen) atoms. The van der Waals surface area contributed by atoms with Crippen LogP contribution in [0.15, 0.2) is 41.9 Å². The minimum absolute atomic E-state index is 0.260. The fourth-order valence-electron chi connectivity index (χ4n) is 2.04. The van der Waals surface area contributed by atoms with Crippen LogP contribution in [0.25, 0.3) is 21.3 Å². The predicted octanol–water partition coefficient (Wildman–Crippen LogP) is 4.44. The van der Waals surface area contributed by atoms with Gasteiger partial charge in [0.15, 0.2) is 0 Å². The van der Waals surface area contributed by atoms with Crippen LogP contribution in [0.3, 0.4) is 0 Å². The van der Waals surface area contributed by atoms with Crippen molar-refractivity contribution in [2.75, 3.05) is 5.73 Å². The molecule has 3 rings (SSSR count). The number of hydrogen-bond acceptors (Lipinski definition) is 4. The Morgan fingerprint density at radius 3 is 2.48 bits per heavy atom. The number of nitrogens with two attached hydrogens (primary N) is 1. The highest BCUT2D eigenvalue weighted by Crippen LogP contribution is 2.33. The molecule has 3 nitrogen and oxygen atoms in total. The maximum Gasteiger partial charge on any atom is 0.573 e. The Hall–Kier alpha value is -2.28. The number of alkyl halides is 3. The topological polar surface area (TPSA) is 48.1 Å². The van der Waals surface area contributed by atoms with E-state index in [1.807, 2.05) is 6.07 Å². The summed E-state index contributed by atoms with van der Waals surface area (Å²) in [6.07, 6.45) is -4.69. The first-order valence-electron chi connectivity index (χ1n) is 5.91. The zero-order chi connectivity index (χ0) is 15.0. The number of hydrogen-bond donors (Lipinski definition) is 1. The lowest BCUT2D eigenvalue weighted by Crippen LogP contribution is -2.16. The monoisotopic (exact) mass is 310 g/mol. The van der Waals surface area contributed by atoms with E-state index in [0.717, 1.165) is 21.3 Å². The Bertz CT molecular complexity index is 781. The smallest absolute Gasteiger partial charge is 0.406 e. The van der Waals surface area contributed by atoms with Crippen LogP contribution >= 0.6 is 11.3 Å². The maximum absolute atomic E-state index is 12.1. The van der Waals surface area contributed by atoms with Crippen molar-refractivity contribution in [1.82, 2.24) is 4.98 Å². The number of rotatable bonds is 2. The van der Waals surface area contributed by atoms with Crippen molar-refractivity contribution in [2.24, 2.45) is 0 Å². The summed E-state index contributed by atoms with van der Waals surface area (Å²) in [5.41, 5.74) is 10.4. The first kappa shape index (κ1) is 13.7. The van der Waals surface area contributed by atoms with E-state index in [1.165, 1.54) is 23.5 Å². The summed E-state index contributed by atoms with van der Waals surface area (Å²) in [5, 5.41) is 0. The molecule has 0 amide bonds. The van der Waals surface area contributed by atoms with Crippen LogP contribution in [0, 0.1) is 0 Å². The molecule has 0 atom stereocenters. The van der Waals surface area contributed by atoms with E-state index in [-0.39, 0.29) is 5.75 Å². The Balaban J connectivity index is 2.01. The van der Waals surface area contributed by atoms with Crippen molar-refractivity contribution < 1.29 is 17.9 Å². The van der Waals surface area contributed by atoms with E-state index in [9.17, 15) is 13.2 Å². The van der Waals surface area contributed by atoms with Gasteiger partial charge in [-0.3, -0.25) is 0 Å². The van der Waals surface area contributed by atoms with Gasteiger partial charge >= 0.3 is 6.36 Å². The molecule has 2 N–H and O–H groups in total. The standard InChI is InChI=1S/C14H9F3N2OS/c15-14(16,17)20-10-3-1-8(2-4-10)11-5-9(18)6-12-13(11)19-7-21-12/h1-7H,18H2. The van der Waals surface area contributed by atoms with Gasteiger partial charge in [0, 0.05) is 11.3 Å². The van der Waals surface area contributed by atoms with Crippen LogP contribution in [0.4, 0.5) is 18.9 Å². The second-order valence-electron chi connectivity index (χ2n) is 4.34. The summed E-state index contributed by atoms with van der Waals surface area (Å²) in [6, 6.07) is 9.21. The van der Waals surface area contributed by atoms with Gasteiger partial charge in [-0.15, -0.1) is 24.5 Å². The lowest BCUT2D eigenvalue weighted by atomic mass is 10.0. The fourth-order valence-corrected chi connectivity index (χ4v) is 2.79. The molecular formula is C14H9F3N2OS. The van der Waals surface area contributed by atoms with Gasteiger partial charge in [-0.05, 0) is 29.8 Å². The second kappa shape index (κ2) is 4.92. The van der Waals surface area contributed by atoms with Crippen LogP contribution in [0.2, 0.25) is 0 Å². The lowest BCUT2D eigenvalue weighted by molar-refractivity contribution is -0.274.